The van der Waals surface area contributed by atoms with E-state index in [4.69, 9.17) is 11.6 Å². The summed E-state index contributed by atoms with van der Waals surface area (Å²) in [4.78, 5) is 8.37. The zero-order valence-electron chi connectivity index (χ0n) is 8.91. The van der Waals surface area contributed by atoms with Crippen LogP contribution in [0.5, 0.6) is 0 Å². The van der Waals surface area contributed by atoms with Gasteiger partial charge in [0.2, 0.25) is 0 Å². The number of hydrogen-bond acceptors (Lipinski definition) is 3. The molecule has 15 heavy (non-hydrogen) atoms. The van der Waals surface area contributed by atoms with Gasteiger partial charge in [-0.05, 0) is 25.7 Å². The van der Waals surface area contributed by atoms with Crippen LogP contribution in [-0.4, -0.2) is 21.4 Å². The van der Waals surface area contributed by atoms with Crippen molar-refractivity contribution in [1.82, 2.24) is 9.97 Å². The average Bonchev–Trinajstić information content (AvgIpc) is 2.65. The number of anilines is 1. The molecule has 1 aliphatic carbocycles. The lowest BCUT2D eigenvalue weighted by molar-refractivity contribution is 0.755. The molecule has 1 aromatic rings. The zero-order valence-corrected chi connectivity index (χ0v) is 9.67. The van der Waals surface area contributed by atoms with Crippen LogP contribution in [0.15, 0.2) is 12.4 Å². The van der Waals surface area contributed by atoms with Crippen LogP contribution in [-0.2, 0) is 6.42 Å². The SMILES string of the molecule is CCc1cc(NC2CCCC2Cl)ncn1. The molecule has 1 heterocycles. The zero-order chi connectivity index (χ0) is 10.7. The highest BCUT2D eigenvalue weighted by Gasteiger charge is 2.25. The highest BCUT2D eigenvalue weighted by Crippen LogP contribution is 2.26. The first kappa shape index (κ1) is 10.7. The summed E-state index contributed by atoms with van der Waals surface area (Å²) in [6.07, 6.45) is 5.99. The summed E-state index contributed by atoms with van der Waals surface area (Å²) < 4.78 is 0. The molecule has 1 aliphatic rings. The van der Waals surface area contributed by atoms with E-state index < -0.39 is 0 Å². The molecule has 3 nitrogen and oxygen atoms in total. The minimum Gasteiger partial charge on any atom is -0.366 e. The van der Waals surface area contributed by atoms with Crippen LogP contribution in [0.3, 0.4) is 0 Å². The lowest BCUT2D eigenvalue weighted by Crippen LogP contribution is -2.24. The summed E-state index contributed by atoms with van der Waals surface area (Å²) in [7, 11) is 0. The molecule has 0 saturated heterocycles. The van der Waals surface area contributed by atoms with Crippen molar-refractivity contribution >= 4 is 17.4 Å². The van der Waals surface area contributed by atoms with Gasteiger partial charge in [-0.3, -0.25) is 0 Å². The highest BCUT2D eigenvalue weighted by molar-refractivity contribution is 6.21. The maximum absolute atomic E-state index is 6.20. The standard InChI is InChI=1S/C11H16ClN3/c1-2-8-6-11(14-7-13-8)15-10-5-3-4-9(10)12/h6-7,9-10H,2-5H2,1H3,(H,13,14,15). The third-order valence-electron chi connectivity index (χ3n) is 2.85. The minimum atomic E-state index is 0.241. The van der Waals surface area contributed by atoms with Crippen LogP contribution in [0, 0.1) is 0 Å². The number of alkyl halides is 1. The molecule has 2 rings (SSSR count). The molecule has 0 aliphatic heterocycles. The minimum absolute atomic E-state index is 0.241. The van der Waals surface area contributed by atoms with E-state index in [0.29, 0.717) is 6.04 Å². The number of halogens is 1. The number of hydrogen-bond donors (Lipinski definition) is 1. The molecule has 0 aromatic carbocycles. The maximum atomic E-state index is 6.20. The Balaban J connectivity index is 2.03. The van der Waals surface area contributed by atoms with Crippen molar-refractivity contribution in [3.8, 4) is 0 Å². The molecular weight excluding hydrogens is 210 g/mol. The predicted molar refractivity (Wildman–Crippen MR) is 62.3 cm³/mol. The molecule has 82 valence electrons. The van der Waals surface area contributed by atoms with Crippen molar-refractivity contribution in [2.24, 2.45) is 0 Å². The van der Waals surface area contributed by atoms with Gasteiger partial charge in [0.1, 0.15) is 12.1 Å². The number of nitrogens with zero attached hydrogens (tertiary/aromatic N) is 2. The monoisotopic (exact) mass is 225 g/mol. The third kappa shape index (κ3) is 2.59. The summed E-state index contributed by atoms with van der Waals surface area (Å²) in [5.74, 6) is 0.902. The quantitative estimate of drug-likeness (QED) is 0.804. The average molecular weight is 226 g/mol. The molecule has 1 N–H and O–H groups in total. The van der Waals surface area contributed by atoms with Gasteiger partial charge in [-0.25, -0.2) is 9.97 Å². The largest absolute Gasteiger partial charge is 0.366 e. The van der Waals surface area contributed by atoms with Gasteiger partial charge in [-0.15, -0.1) is 11.6 Å². The molecule has 2 unspecified atom stereocenters. The normalized spacial score (nSPS) is 25.5. The molecule has 2 atom stereocenters. The number of rotatable bonds is 3. The molecule has 0 bridgehead atoms. The second kappa shape index (κ2) is 4.79. The van der Waals surface area contributed by atoms with Crippen LogP contribution < -0.4 is 5.32 Å². The summed E-state index contributed by atoms with van der Waals surface area (Å²) in [5, 5.41) is 3.62. The number of aromatic nitrogens is 2. The van der Waals surface area contributed by atoms with E-state index >= 15 is 0 Å². The van der Waals surface area contributed by atoms with Gasteiger partial charge in [0, 0.05) is 17.8 Å². The van der Waals surface area contributed by atoms with E-state index in [1.54, 1.807) is 6.33 Å². The Morgan fingerprint density at radius 1 is 1.47 bits per heavy atom. The van der Waals surface area contributed by atoms with Gasteiger partial charge in [-0.2, -0.15) is 0 Å². The first-order valence-electron chi connectivity index (χ1n) is 5.51. The third-order valence-corrected chi connectivity index (χ3v) is 3.37. The van der Waals surface area contributed by atoms with Gasteiger partial charge < -0.3 is 5.32 Å². The lowest BCUT2D eigenvalue weighted by atomic mass is 10.2. The molecule has 1 fully saturated rings. The second-order valence-electron chi connectivity index (χ2n) is 3.95. The maximum Gasteiger partial charge on any atom is 0.129 e. The van der Waals surface area contributed by atoms with Gasteiger partial charge in [0.05, 0.1) is 5.38 Å². The van der Waals surface area contributed by atoms with Gasteiger partial charge in [0.25, 0.3) is 0 Å². The van der Waals surface area contributed by atoms with Crippen molar-refractivity contribution in [3.63, 3.8) is 0 Å². The fraction of sp³-hybridized carbons (Fsp3) is 0.636. The van der Waals surface area contributed by atoms with E-state index in [2.05, 4.69) is 22.2 Å². The summed E-state index contributed by atoms with van der Waals surface area (Å²) in [6, 6.07) is 2.37. The smallest absolute Gasteiger partial charge is 0.129 e. The van der Waals surface area contributed by atoms with E-state index in [1.807, 2.05) is 6.07 Å². The van der Waals surface area contributed by atoms with Gasteiger partial charge in [0.15, 0.2) is 0 Å². The molecule has 1 saturated carbocycles. The predicted octanol–water partition coefficient (Wildman–Crippen LogP) is 2.61. The number of aryl methyl sites for hydroxylation is 1. The van der Waals surface area contributed by atoms with E-state index in [0.717, 1.165) is 30.8 Å². The Kier molecular flexibility index (Phi) is 3.41. The van der Waals surface area contributed by atoms with Crippen molar-refractivity contribution in [2.45, 2.75) is 44.0 Å². The first-order valence-corrected chi connectivity index (χ1v) is 5.94. The highest BCUT2D eigenvalue weighted by atomic mass is 35.5. The van der Waals surface area contributed by atoms with Gasteiger partial charge in [-0.1, -0.05) is 6.92 Å². The number of nitrogens with one attached hydrogen (secondary N) is 1. The molecule has 0 amide bonds. The Morgan fingerprint density at radius 2 is 2.33 bits per heavy atom. The van der Waals surface area contributed by atoms with Crippen LogP contribution in [0.2, 0.25) is 0 Å². The van der Waals surface area contributed by atoms with E-state index in [9.17, 15) is 0 Å². The molecule has 4 heteroatoms. The fourth-order valence-electron chi connectivity index (χ4n) is 1.94. The Bertz CT molecular complexity index is 329. The first-order chi connectivity index (χ1) is 7.29. The van der Waals surface area contributed by atoms with Gasteiger partial charge >= 0.3 is 0 Å². The summed E-state index contributed by atoms with van der Waals surface area (Å²) >= 11 is 6.20. The van der Waals surface area contributed by atoms with Crippen molar-refractivity contribution in [3.05, 3.63) is 18.1 Å². The molecule has 0 spiro atoms. The van der Waals surface area contributed by atoms with Crippen molar-refractivity contribution < 1.29 is 0 Å². The van der Waals surface area contributed by atoms with Crippen molar-refractivity contribution in [1.29, 1.82) is 0 Å². The van der Waals surface area contributed by atoms with E-state index in [1.165, 1.54) is 6.42 Å². The molecule has 0 radical (unpaired) electrons. The van der Waals surface area contributed by atoms with Crippen LogP contribution in [0.25, 0.3) is 0 Å². The lowest BCUT2D eigenvalue weighted by Gasteiger charge is -2.16. The van der Waals surface area contributed by atoms with Crippen LogP contribution in [0.4, 0.5) is 5.82 Å². The second-order valence-corrected chi connectivity index (χ2v) is 4.51. The summed E-state index contributed by atoms with van der Waals surface area (Å²) in [6.45, 7) is 2.09. The van der Waals surface area contributed by atoms with Crippen LogP contribution in [0.1, 0.15) is 31.9 Å². The van der Waals surface area contributed by atoms with E-state index in [-0.39, 0.29) is 5.38 Å². The molecular formula is C11H16ClN3. The van der Waals surface area contributed by atoms with Crippen molar-refractivity contribution in [2.75, 3.05) is 5.32 Å². The Hall–Kier alpha value is -0.830. The Labute approximate surface area is 95.3 Å². The topological polar surface area (TPSA) is 37.8 Å². The fourth-order valence-corrected chi connectivity index (χ4v) is 2.28. The van der Waals surface area contributed by atoms with Crippen LogP contribution >= 0.6 is 11.6 Å². The summed E-state index contributed by atoms with van der Waals surface area (Å²) in [5.41, 5.74) is 1.07. The Morgan fingerprint density at radius 3 is 3.00 bits per heavy atom. The molecule has 1 aromatic heterocycles.